The van der Waals surface area contributed by atoms with Crippen LogP contribution in [0.4, 0.5) is 4.79 Å². The summed E-state index contributed by atoms with van der Waals surface area (Å²) in [6, 6.07) is 0. The lowest BCUT2D eigenvalue weighted by Gasteiger charge is -2.29. The Morgan fingerprint density at radius 3 is 2.80 bits per heavy atom. The zero-order valence-corrected chi connectivity index (χ0v) is 8.57. The minimum Gasteiger partial charge on any atom is -0.445 e. The molecule has 2 amide bonds. The van der Waals surface area contributed by atoms with E-state index in [1.807, 2.05) is 5.73 Å². The van der Waals surface area contributed by atoms with Crippen LogP contribution >= 0.6 is 0 Å². The SMILES string of the molecule is [3H]NC(=O)C1CCN(C(=O)OCC=C)CC1. The quantitative estimate of drug-likeness (QED) is 0.695. The predicted octanol–water partition coefficient (Wildman–Crippen LogP) is 0.506. The van der Waals surface area contributed by atoms with Crippen molar-refractivity contribution in [1.82, 2.24) is 4.90 Å². The molecule has 0 radical (unpaired) electrons. The van der Waals surface area contributed by atoms with Gasteiger partial charge in [-0.25, -0.2) is 4.79 Å². The van der Waals surface area contributed by atoms with Gasteiger partial charge in [-0.3, -0.25) is 4.79 Å². The van der Waals surface area contributed by atoms with Gasteiger partial charge < -0.3 is 15.4 Å². The van der Waals surface area contributed by atoms with Crippen LogP contribution in [0.5, 0.6) is 0 Å². The number of nitrogens with two attached hydrogens (primary N) is 1. The van der Waals surface area contributed by atoms with Gasteiger partial charge in [0.15, 0.2) is 1.41 Å². The van der Waals surface area contributed by atoms with Gasteiger partial charge in [0.05, 0.1) is 0 Å². The van der Waals surface area contributed by atoms with Crippen LogP contribution in [0.25, 0.3) is 0 Å². The second-order valence-electron chi connectivity index (χ2n) is 3.49. The van der Waals surface area contributed by atoms with Gasteiger partial charge in [0.1, 0.15) is 6.61 Å². The molecule has 5 nitrogen and oxygen atoms in total. The van der Waals surface area contributed by atoms with Crippen molar-refractivity contribution in [3.05, 3.63) is 12.7 Å². The molecule has 1 aliphatic rings. The maximum Gasteiger partial charge on any atom is 0.410 e. The molecule has 15 heavy (non-hydrogen) atoms. The molecular weight excluding hydrogens is 196 g/mol. The molecule has 1 rings (SSSR count). The molecule has 0 unspecified atom stereocenters. The number of nitrogens with zero attached hydrogens (tertiary/aromatic N) is 1. The van der Waals surface area contributed by atoms with E-state index >= 15 is 0 Å². The summed E-state index contributed by atoms with van der Waals surface area (Å²) in [6.07, 6.45) is 2.30. The minimum atomic E-state index is -0.371. The molecule has 84 valence electrons. The van der Waals surface area contributed by atoms with E-state index in [1.165, 1.54) is 6.08 Å². The van der Waals surface area contributed by atoms with Crippen molar-refractivity contribution in [2.75, 3.05) is 19.7 Å². The third-order valence-electron chi connectivity index (χ3n) is 2.45. The van der Waals surface area contributed by atoms with Gasteiger partial charge >= 0.3 is 6.09 Å². The Balaban J connectivity index is 2.33. The number of carbonyl (C=O) groups is 2. The summed E-state index contributed by atoms with van der Waals surface area (Å²) in [7, 11) is 0. The number of ether oxygens (including phenoxy) is 1. The molecule has 0 atom stereocenters. The fraction of sp³-hybridized carbons (Fsp3) is 0.600. The van der Waals surface area contributed by atoms with Crippen LogP contribution in [-0.4, -0.2) is 36.6 Å². The first kappa shape index (κ1) is 10.0. The third-order valence-corrected chi connectivity index (χ3v) is 2.45. The van der Waals surface area contributed by atoms with Gasteiger partial charge in [-0.2, -0.15) is 0 Å². The fourth-order valence-electron chi connectivity index (χ4n) is 1.55. The monoisotopic (exact) mass is 214 g/mol. The molecule has 0 bridgehead atoms. The molecule has 1 fully saturated rings. The first-order chi connectivity index (χ1) is 7.69. The summed E-state index contributed by atoms with van der Waals surface area (Å²) in [4.78, 5) is 24.2. The number of rotatable bonds is 3. The van der Waals surface area contributed by atoms with Crippen LogP contribution in [0.15, 0.2) is 12.7 Å². The molecular formula is C10H16N2O3. The van der Waals surface area contributed by atoms with Crippen LogP contribution in [0, 0.1) is 5.92 Å². The van der Waals surface area contributed by atoms with Crippen LogP contribution in [0.3, 0.4) is 0 Å². The molecule has 2 N–H and O–H groups in total. The molecule has 1 aliphatic heterocycles. The van der Waals surface area contributed by atoms with E-state index in [0.717, 1.165) is 0 Å². The van der Waals surface area contributed by atoms with Crippen molar-refractivity contribution in [3.8, 4) is 0 Å². The Labute approximate surface area is 90.3 Å². The summed E-state index contributed by atoms with van der Waals surface area (Å²) in [5.41, 5.74) is 1.88. The van der Waals surface area contributed by atoms with E-state index in [9.17, 15) is 9.59 Å². The van der Waals surface area contributed by atoms with Crippen LogP contribution in [-0.2, 0) is 9.53 Å². The van der Waals surface area contributed by atoms with Gasteiger partial charge in [-0.1, -0.05) is 12.7 Å². The number of amides is 2. The van der Waals surface area contributed by atoms with Crippen LogP contribution in [0.1, 0.15) is 12.8 Å². The highest BCUT2D eigenvalue weighted by Gasteiger charge is 2.26. The van der Waals surface area contributed by atoms with Crippen LogP contribution in [0.2, 0.25) is 1.41 Å². The largest absolute Gasteiger partial charge is 0.445 e. The molecule has 0 aromatic rings. The maximum absolute atomic E-state index is 11.4. The highest BCUT2D eigenvalue weighted by atomic mass is 16.6. The number of hydrogen-bond acceptors (Lipinski definition) is 3. The highest BCUT2D eigenvalue weighted by molar-refractivity contribution is 5.77. The van der Waals surface area contributed by atoms with E-state index in [-0.39, 0.29) is 24.5 Å². The van der Waals surface area contributed by atoms with Crippen molar-refractivity contribution in [2.45, 2.75) is 12.8 Å². The Morgan fingerprint density at radius 1 is 1.60 bits per heavy atom. The first-order valence-electron chi connectivity index (χ1n) is 5.43. The second kappa shape index (κ2) is 5.38. The zero-order chi connectivity index (χ0) is 12.0. The van der Waals surface area contributed by atoms with Crippen LogP contribution < -0.4 is 5.73 Å². The standard InChI is InChI=1S/C10H16N2O3/c1-2-7-15-10(14)12-5-3-8(4-6-12)9(11)13/h2,8H,1,3-7H2,(H2,11,13)/i/hT. The normalized spacial score (nSPS) is 17.9. The van der Waals surface area contributed by atoms with Crippen molar-refractivity contribution in [3.63, 3.8) is 0 Å². The summed E-state index contributed by atoms with van der Waals surface area (Å²) in [5, 5.41) is 0. The van der Waals surface area contributed by atoms with E-state index in [1.54, 1.807) is 4.90 Å². The Hall–Kier alpha value is -1.52. The van der Waals surface area contributed by atoms with Crippen molar-refractivity contribution < 1.29 is 15.7 Å². The summed E-state index contributed by atoms with van der Waals surface area (Å²) in [6.45, 7) is 4.64. The number of hydrogen-bond donors (Lipinski definition) is 1. The molecule has 1 heterocycles. The summed E-state index contributed by atoms with van der Waals surface area (Å²) < 4.78 is 11.6. The smallest absolute Gasteiger partial charge is 0.410 e. The van der Waals surface area contributed by atoms with Crippen molar-refractivity contribution >= 4 is 12.0 Å². The lowest BCUT2D eigenvalue weighted by Crippen LogP contribution is -2.42. The maximum atomic E-state index is 11.4. The fourth-order valence-corrected chi connectivity index (χ4v) is 1.55. The lowest BCUT2D eigenvalue weighted by atomic mass is 9.97. The lowest BCUT2D eigenvalue weighted by molar-refractivity contribution is -0.123. The van der Waals surface area contributed by atoms with Gasteiger partial charge in [0.2, 0.25) is 5.91 Å². The number of primary amides is 1. The second-order valence-corrected chi connectivity index (χ2v) is 3.49. The molecule has 0 aromatic heterocycles. The molecule has 0 saturated carbocycles. The Kier molecular flexibility index (Phi) is 3.59. The zero-order valence-electron chi connectivity index (χ0n) is 9.57. The average Bonchev–Trinajstić information content (AvgIpc) is 2.35. The van der Waals surface area contributed by atoms with E-state index < -0.39 is 0 Å². The molecule has 5 heteroatoms. The van der Waals surface area contributed by atoms with Gasteiger partial charge in [0.25, 0.3) is 0 Å². The van der Waals surface area contributed by atoms with E-state index in [0.29, 0.717) is 25.9 Å². The third kappa shape index (κ3) is 3.27. The predicted molar refractivity (Wildman–Crippen MR) is 55.0 cm³/mol. The van der Waals surface area contributed by atoms with Gasteiger partial charge in [-0.05, 0) is 12.8 Å². The summed E-state index contributed by atoms with van der Waals surface area (Å²) >= 11 is 0. The number of carbonyl (C=O) groups excluding carboxylic acids is 2. The Bertz CT molecular complexity index is 275. The molecule has 0 aliphatic carbocycles. The number of piperidine rings is 1. The summed E-state index contributed by atoms with van der Waals surface area (Å²) in [5.74, 6) is -0.444. The van der Waals surface area contributed by atoms with Gasteiger partial charge in [-0.15, -0.1) is 0 Å². The average molecular weight is 214 g/mol. The first-order valence-corrected chi connectivity index (χ1v) is 4.93. The topological polar surface area (TPSA) is 72.6 Å². The molecule has 0 spiro atoms. The van der Waals surface area contributed by atoms with Crippen molar-refractivity contribution in [2.24, 2.45) is 11.6 Å². The molecule has 1 saturated heterocycles. The number of likely N-dealkylation sites (tertiary alicyclic amines) is 1. The minimum absolute atomic E-state index is 0.166. The van der Waals surface area contributed by atoms with E-state index in [4.69, 9.17) is 6.15 Å². The highest BCUT2D eigenvalue weighted by Crippen LogP contribution is 2.17. The molecule has 0 aromatic carbocycles. The Morgan fingerprint density at radius 2 is 2.27 bits per heavy atom. The van der Waals surface area contributed by atoms with E-state index in [2.05, 4.69) is 6.58 Å². The van der Waals surface area contributed by atoms with Gasteiger partial charge in [0, 0.05) is 19.0 Å². The van der Waals surface area contributed by atoms with Crippen molar-refractivity contribution in [1.29, 1.82) is 0 Å².